The maximum Gasteiger partial charge on any atom is 0.192 e. The van der Waals surface area contributed by atoms with Crippen LogP contribution in [0.1, 0.15) is 33.6 Å². The minimum Gasteiger partial charge on any atom is -0.411 e. The van der Waals surface area contributed by atoms with Crippen LogP contribution in [0.3, 0.4) is 0 Å². The molecule has 0 unspecified atom stereocenters. The van der Waals surface area contributed by atoms with Gasteiger partial charge in [0.25, 0.3) is 0 Å². The Morgan fingerprint density at radius 1 is 1.00 bits per heavy atom. The van der Waals surface area contributed by atoms with Crippen LogP contribution in [0.5, 0.6) is 0 Å². The summed E-state index contributed by atoms with van der Waals surface area (Å²) in [5.74, 6) is 0. The molecule has 0 aromatic rings. The summed E-state index contributed by atoms with van der Waals surface area (Å²) >= 11 is 0. The Morgan fingerprint density at radius 3 is 1.89 bits per heavy atom. The van der Waals surface area contributed by atoms with Gasteiger partial charge in [-0.15, -0.1) is 0 Å². The van der Waals surface area contributed by atoms with Crippen LogP contribution in [0.25, 0.3) is 0 Å². The average molecular weight is 276 g/mol. The van der Waals surface area contributed by atoms with Crippen molar-refractivity contribution in [3.63, 3.8) is 0 Å². The van der Waals surface area contributed by atoms with Gasteiger partial charge in [-0.2, -0.15) is 0 Å². The molecule has 0 amide bonds. The van der Waals surface area contributed by atoms with Crippen LogP contribution in [0, 0.1) is 0 Å². The van der Waals surface area contributed by atoms with Crippen molar-refractivity contribution in [1.29, 1.82) is 0 Å². The first-order valence-electron chi connectivity index (χ1n) is 6.67. The van der Waals surface area contributed by atoms with Crippen molar-refractivity contribution in [1.82, 2.24) is 0 Å². The zero-order valence-electron chi connectivity index (χ0n) is 12.4. The molecule has 1 rings (SSSR count). The van der Waals surface area contributed by atoms with Crippen LogP contribution >= 0.6 is 0 Å². The Bertz CT molecular complexity index is 275. The van der Waals surface area contributed by atoms with Gasteiger partial charge in [0, 0.05) is 7.11 Å². The molecule has 108 valence electrons. The van der Waals surface area contributed by atoms with Crippen LogP contribution < -0.4 is 0 Å². The van der Waals surface area contributed by atoms with Crippen LogP contribution in [-0.4, -0.2) is 50.1 Å². The second-order valence-corrected chi connectivity index (χ2v) is 11.5. The maximum absolute atomic E-state index is 10.1. The third kappa shape index (κ3) is 3.33. The lowest BCUT2D eigenvalue weighted by Crippen LogP contribution is -2.55. The number of hydrogen-bond acceptors (Lipinski definition) is 4. The summed E-state index contributed by atoms with van der Waals surface area (Å²) < 4.78 is 11.4. The summed E-state index contributed by atoms with van der Waals surface area (Å²) in [7, 11) is -0.343. The summed E-state index contributed by atoms with van der Waals surface area (Å²) in [5, 5.41) is 20.2. The molecule has 0 aromatic carbocycles. The molecule has 4 atom stereocenters. The summed E-state index contributed by atoms with van der Waals surface area (Å²) in [6.07, 6.45) is -0.778. The van der Waals surface area contributed by atoms with Gasteiger partial charge in [-0.3, -0.25) is 0 Å². The standard InChI is InChI=1S/C13H28O4Si/c1-13(2,3)18(5,6)17-10-8-7-9(16-4)11(14)12(10)15/h9-12,14-15H,7-8H2,1-6H3/t9-,10-,11-,12+/m0/s1. The number of rotatable bonds is 3. The van der Waals surface area contributed by atoms with Crippen molar-refractivity contribution in [3.8, 4) is 0 Å². The van der Waals surface area contributed by atoms with Crippen molar-refractivity contribution in [2.24, 2.45) is 0 Å². The minimum atomic E-state index is -1.91. The van der Waals surface area contributed by atoms with Gasteiger partial charge < -0.3 is 19.4 Å². The molecule has 0 aromatic heterocycles. The molecule has 0 radical (unpaired) electrons. The number of aliphatic hydroxyl groups is 2. The highest BCUT2D eigenvalue weighted by Crippen LogP contribution is 2.39. The van der Waals surface area contributed by atoms with E-state index in [2.05, 4.69) is 33.9 Å². The lowest BCUT2D eigenvalue weighted by atomic mass is 9.90. The molecule has 1 saturated carbocycles. The number of methoxy groups -OCH3 is 1. The molecule has 4 nitrogen and oxygen atoms in total. The normalized spacial score (nSPS) is 34.7. The Hall–Kier alpha value is 0.0569. The lowest BCUT2D eigenvalue weighted by molar-refractivity contribution is -0.140. The van der Waals surface area contributed by atoms with Crippen LogP contribution in [0.2, 0.25) is 18.1 Å². The van der Waals surface area contributed by atoms with Crippen LogP contribution in [0.4, 0.5) is 0 Å². The Labute approximate surface area is 111 Å². The molecule has 1 aliphatic carbocycles. The first kappa shape index (κ1) is 16.1. The number of hydrogen-bond donors (Lipinski definition) is 2. The molecule has 0 heterocycles. The fraction of sp³-hybridized carbons (Fsp3) is 1.00. The molecule has 0 aliphatic heterocycles. The third-order valence-corrected chi connectivity index (χ3v) is 8.91. The smallest absolute Gasteiger partial charge is 0.192 e. The Kier molecular flexibility index (Phi) is 5.00. The molecular weight excluding hydrogens is 248 g/mol. The molecule has 5 heteroatoms. The summed E-state index contributed by atoms with van der Waals surface area (Å²) in [4.78, 5) is 0. The molecule has 0 saturated heterocycles. The van der Waals surface area contributed by atoms with Crippen molar-refractivity contribution in [3.05, 3.63) is 0 Å². The first-order valence-corrected chi connectivity index (χ1v) is 9.57. The van der Waals surface area contributed by atoms with Gasteiger partial charge in [-0.25, -0.2) is 0 Å². The van der Waals surface area contributed by atoms with Crippen molar-refractivity contribution in [2.45, 2.75) is 76.2 Å². The van der Waals surface area contributed by atoms with Crippen LogP contribution in [0.15, 0.2) is 0 Å². The van der Waals surface area contributed by atoms with Crippen molar-refractivity contribution < 1.29 is 19.4 Å². The molecule has 18 heavy (non-hydrogen) atoms. The summed E-state index contributed by atoms with van der Waals surface area (Å²) in [6.45, 7) is 10.8. The summed E-state index contributed by atoms with van der Waals surface area (Å²) in [5.41, 5.74) is 0. The second kappa shape index (κ2) is 5.59. The van der Waals surface area contributed by atoms with E-state index in [1.54, 1.807) is 7.11 Å². The van der Waals surface area contributed by atoms with E-state index >= 15 is 0 Å². The van der Waals surface area contributed by atoms with Gasteiger partial charge in [-0.05, 0) is 31.0 Å². The fourth-order valence-electron chi connectivity index (χ4n) is 2.05. The molecular formula is C13H28O4Si. The van der Waals surface area contributed by atoms with E-state index < -0.39 is 20.5 Å². The number of aliphatic hydroxyl groups excluding tert-OH is 2. The largest absolute Gasteiger partial charge is 0.411 e. The zero-order chi connectivity index (χ0) is 14.1. The molecule has 2 N–H and O–H groups in total. The van der Waals surface area contributed by atoms with Gasteiger partial charge >= 0.3 is 0 Å². The zero-order valence-corrected chi connectivity index (χ0v) is 13.4. The van der Waals surface area contributed by atoms with E-state index in [1.807, 2.05) is 0 Å². The van der Waals surface area contributed by atoms with Gasteiger partial charge in [0.05, 0.1) is 12.2 Å². The highest BCUT2D eigenvalue weighted by atomic mass is 28.4. The van der Waals surface area contributed by atoms with Crippen LogP contribution in [-0.2, 0) is 9.16 Å². The van der Waals surface area contributed by atoms with Gasteiger partial charge in [0.1, 0.15) is 12.2 Å². The minimum absolute atomic E-state index is 0.107. The predicted molar refractivity (Wildman–Crippen MR) is 74.1 cm³/mol. The second-order valence-electron chi connectivity index (χ2n) is 6.75. The predicted octanol–water partition coefficient (Wildman–Crippen LogP) is 1.91. The molecule has 0 bridgehead atoms. The SMILES string of the molecule is CO[C@H]1CC[C@H](O[Si](C)(C)C(C)(C)C)[C@@H](O)[C@H]1O. The summed E-state index contributed by atoms with van der Waals surface area (Å²) in [6, 6.07) is 0. The van der Waals surface area contributed by atoms with Gasteiger partial charge in [0.2, 0.25) is 0 Å². The van der Waals surface area contributed by atoms with Crippen molar-refractivity contribution >= 4 is 8.32 Å². The van der Waals surface area contributed by atoms with E-state index in [1.165, 1.54) is 0 Å². The van der Waals surface area contributed by atoms with E-state index in [9.17, 15) is 10.2 Å². The molecule has 1 fully saturated rings. The first-order chi connectivity index (χ1) is 8.10. The van der Waals surface area contributed by atoms with E-state index in [-0.39, 0.29) is 17.2 Å². The highest BCUT2D eigenvalue weighted by molar-refractivity contribution is 6.74. The Balaban J connectivity index is 2.70. The molecule has 1 aliphatic rings. The van der Waals surface area contributed by atoms with Gasteiger partial charge in [0.15, 0.2) is 8.32 Å². The van der Waals surface area contributed by atoms with Crippen molar-refractivity contribution in [2.75, 3.05) is 7.11 Å². The highest BCUT2D eigenvalue weighted by Gasteiger charge is 2.44. The fourth-order valence-corrected chi connectivity index (χ4v) is 3.42. The quantitative estimate of drug-likeness (QED) is 0.773. The number of ether oxygens (including phenoxy) is 1. The maximum atomic E-state index is 10.1. The van der Waals surface area contributed by atoms with E-state index in [4.69, 9.17) is 9.16 Å². The van der Waals surface area contributed by atoms with E-state index in [0.717, 1.165) is 12.8 Å². The molecule has 0 spiro atoms. The monoisotopic (exact) mass is 276 g/mol. The topological polar surface area (TPSA) is 58.9 Å². The Morgan fingerprint density at radius 2 is 1.44 bits per heavy atom. The van der Waals surface area contributed by atoms with Gasteiger partial charge in [-0.1, -0.05) is 20.8 Å². The third-order valence-electron chi connectivity index (χ3n) is 4.40. The lowest BCUT2D eigenvalue weighted by Gasteiger charge is -2.44. The van der Waals surface area contributed by atoms with E-state index in [0.29, 0.717) is 0 Å². The average Bonchev–Trinajstić information content (AvgIpc) is 2.23.